The first-order valence-electron chi connectivity index (χ1n) is 5.53. The van der Waals surface area contributed by atoms with E-state index in [9.17, 15) is 0 Å². The van der Waals surface area contributed by atoms with Gasteiger partial charge < -0.3 is 10.1 Å². The SMILES string of the molecule is COc1ccc(C2CCC(C)CN2)cn1. The number of aromatic nitrogens is 1. The highest BCUT2D eigenvalue weighted by Crippen LogP contribution is 2.25. The zero-order chi connectivity index (χ0) is 10.7. The molecule has 0 aromatic carbocycles. The summed E-state index contributed by atoms with van der Waals surface area (Å²) in [7, 11) is 1.64. The average Bonchev–Trinajstić information content (AvgIpc) is 2.30. The molecule has 82 valence electrons. The molecule has 0 aliphatic carbocycles. The Hall–Kier alpha value is -1.09. The molecule has 1 aromatic rings. The van der Waals surface area contributed by atoms with Crippen LogP contribution in [0.15, 0.2) is 18.3 Å². The highest BCUT2D eigenvalue weighted by Gasteiger charge is 2.18. The average molecular weight is 206 g/mol. The molecule has 0 bridgehead atoms. The number of hydrogen-bond acceptors (Lipinski definition) is 3. The van der Waals surface area contributed by atoms with Gasteiger partial charge in [0.1, 0.15) is 0 Å². The van der Waals surface area contributed by atoms with Crippen LogP contribution in [0.25, 0.3) is 0 Å². The molecule has 0 spiro atoms. The number of rotatable bonds is 2. The lowest BCUT2D eigenvalue weighted by atomic mass is 9.93. The van der Waals surface area contributed by atoms with Gasteiger partial charge in [-0.15, -0.1) is 0 Å². The second kappa shape index (κ2) is 4.62. The van der Waals surface area contributed by atoms with E-state index < -0.39 is 0 Å². The van der Waals surface area contributed by atoms with E-state index in [0.29, 0.717) is 11.9 Å². The minimum atomic E-state index is 0.472. The molecular weight excluding hydrogens is 188 g/mol. The third-order valence-corrected chi connectivity index (χ3v) is 3.03. The fraction of sp³-hybridized carbons (Fsp3) is 0.583. The Bertz CT molecular complexity index is 302. The maximum atomic E-state index is 5.04. The molecule has 0 amide bonds. The molecule has 0 saturated carbocycles. The van der Waals surface area contributed by atoms with Gasteiger partial charge in [0, 0.05) is 18.3 Å². The molecule has 2 atom stereocenters. The summed E-state index contributed by atoms with van der Waals surface area (Å²) in [5, 5.41) is 3.54. The Morgan fingerprint density at radius 1 is 1.40 bits per heavy atom. The monoisotopic (exact) mass is 206 g/mol. The van der Waals surface area contributed by atoms with Crippen LogP contribution in [0.5, 0.6) is 5.88 Å². The summed E-state index contributed by atoms with van der Waals surface area (Å²) in [4.78, 5) is 4.23. The topological polar surface area (TPSA) is 34.1 Å². The summed E-state index contributed by atoms with van der Waals surface area (Å²) in [6.07, 6.45) is 4.41. The number of piperidine rings is 1. The van der Waals surface area contributed by atoms with Gasteiger partial charge in [0.15, 0.2) is 0 Å². The lowest BCUT2D eigenvalue weighted by Gasteiger charge is -2.27. The summed E-state index contributed by atoms with van der Waals surface area (Å²) in [5.74, 6) is 1.48. The molecule has 2 heterocycles. The highest BCUT2D eigenvalue weighted by molar-refractivity contribution is 5.21. The molecule has 1 aliphatic heterocycles. The van der Waals surface area contributed by atoms with Crippen molar-refractivity contribution in [1.82, 2.24) is 10.3 Å². The number of nitrogens with one attached hydrogen (secondary N) is 1. The number of nitrogens with zero attached hydrogens (tertiary/aromatic N) is 1. The van der Waals surface area contributed by atoms with Gasteiger partial charge in [0.25, 0.3) is 0 Å². The molecule has 1 N–H and O–H groups in total. The predicted octanol–water partition coefficient (Wildman–Crippen LogP) is 2.15. The summed E-state index contributed by atoms with van der Waals surface area (Å²) in [6, 6.07) is 4.49. The normalized spacial score (nSPS) is 26.3. The van der Waals surface area contributed by atoms with E-state index >= 15 is 0 Å². The van der Waals surface area contributed by atoms with Crippen LogP contribution in [0.4, 0.5) is 0 Å². The standard InChI is InChI=1S/C12H18N2O/c1-9-3-5-11(13-7-9)10-4-6-12(15-2)14-8-10/h4,6,8-9,11,13H,3,5,7H2,1-2H3. The fourth-order valence-electron chi connectivity index (χ4n) is 2.00. The summed E-state index contributed by atoms with van der Waals surface area (Å²) in [6.45, 7) is 3.40. The molecule has 1 fully saturated rings. The van der Waals surface area contributed by atoms with Crippen LogP contribution < -0.4 is 10.1 Å². The van der Waals surface area contributed by atoms with Crippen molar-refractivity contribution in [2.24, 2.45) is 5.92 Å². The first-order chi connectivity index (χ1) is 7.29. The van der Waals surface area contributed by atoms with E-state index in [1.165, 1.54) is 18.4 Å². The van der Waals surface area contributed by atoms with Crippen LogP contribution in [-0.4, -0.2) is 18.6 Å². The van der Waals surface area contributed by atoms with Crippen molar-refractivity contribution in [3.8, 4) is 5.88 Å². The van der Waals surface area contributed by atoms with Gasteiger partial charge in [0.2, 0.25) is 5.88 Å². The van der Waals surface area contributed by atoms with Crippen molar-refractivity contribution >= 4 is 0 Å². The highest BCUT2D eigenvalue weighted by atomic mass is 16.5. The smallest absolute Gasteiger partial charge is 0.212 e. The van der Waals surface area contributed by atoms with Crippen LogP contribution in [-0.2, 0) is 0 Å². The summed E-state index contributed by atoms with van der Waals surface area (Å²) in [5.41, 5.74) is 1.27. The van der Waals surface area contributed by atoms with Gasteiger partial charge >= 0.3 is 0 Å². The van der Waals surface area contributed by atoms with E-state index in [1.54, 1.807) is 7.11 Å². The van der Waals surface area contributed by atoms with Gasteiger partial charge in [-0.1, -0.05) is 13.0 Å². The number of pyridine rings is 1. The Kier molecular flexibility index (Phi) is 3.21. The van der Waals surface area contributed by atoms with Crippen molar-refractivity contribution in [3.05, 3.63) is 23.9 Å². The van der Waals surface area contributed by atoms with Crippen LogP contribution in [0, 0.1) is 5.92 Å². The molecule has 15 heavy (non-hydrogen) atoms. The summed E-state index contributed by atoms with van der Waals surface area (Å²) < 4.78 is 5.04. The van der Waals surface area contributed by atoms with Gasteiger partial charge in [-0.3, -0.25) is 0 Å². The maximum Gasteiger partial charge on any atom is 0.212 e. The number of methoxy groups -OCH3 is 1. The molecule has 3 heteroatoms. The van der Waals surface area contributed by atoms with Crippen molar-refractivity contribution in [2.75, 3.05) is 13.7 Å². The molecule has 2 unspecified atom stereocenters. The molecular formula is C12H18N2O. The second-order valence-corrected chi connectivity index (χ2v) is 4.28. The molecule has 1 aliphatic rings. The van der Waals surface area contributed by atoms with E-state index in [4.69, 9.17) is 4.74 Å². The van der Waals surface area contributed by atoms with E-state index in [1.807, 2.05) is 12.3 Å². The van der Waals surface area contributed by atoms with Crippen LogP contribution >= 0.6 is 0 Å². The van der Waals surface area contributed by atoms with Gasteiger partial charge in [-0.05, 0) is 30.9 Å². The van der Waals surface area contributed by atoms with Crippen molar-refractivity contribution < 1.29 is 4.74 Å². The van der Waals surface area contributed by atoms with Crippen LogP contribution in [0.1, 0.15) is 31.4 Å². The second-order valence-electron chi connectivity index (χ2n) is 4.28. The molecule has 0 radical (unpaired) electrons. The fourth-order valence-corrected chi connectivity index (χ4v) is 2.00. The van der Waals surface area contributed by atoms with Gasteiger partial charge in [0.05, 0.1) is 7.11 Å². The molecule has 1 saturated heterocycles. The maximum absolute atomic E-state index is 5.04. The largest absolute Gasteiger partial charge is 0.481 e. The first kappa shape index (κ1) is 10.4. The lowest BCUT2D eigenvalue weighted by molar-refractivity contribution is 0.331. The van der Waals surface area contributed by atoms with E-state index in [0.717, 1.165) is 12.5 Å². The van der Waals surface area contributed by atoms with Crippen LogP contribution in [0.3, 0.4) is 0 Å². The predicted molar refractivity (Wildman–Crippen MR) is 59.9 cm³/mol. The van der Waals surface area contributed by atoms with Gasteiger partial charge in [-0.25, -0.2) is 4.98 Å². The molecule has 3 nitrogen and oxygen atoms in total. The number of hydrogen-bond donors (Lipinski definition) is 1. The van der Waals surface area contributed by atoms with E-state index in [-0.39, 0.29) is 0 Å². The third-order valence-electron chi connectivity index (χ3n) is 3.03. The molecule has 1 aromatic heterocycles. The summed E-state index contributed by atoms with van der Waals surface area (Å²) >= 11 is 0. The zero-order valence-electron chi connectivity index (χ0n) is 9.36. The van der Waals surface area contributed by atoms with Crippen molar-refractivity contribution in [3.63, 3.8) is 0 Å². The minimum Gasteiger partial charge on any atom is -0.481 e. The van der Waals surface area contributed by atoms with Gasteiger partial charge in [-0.2, -0.15) is 0 Å². The zero-order valence-corrected chi connectivity index (χ0v) is 9.36. The Morgan fingerprint density at radius 3 is 2.80 bits per heavy atom. The molecule has 2 rings (SSSR count). The minimum absolute atomic E-state index is 0.472. The lowest BCUT2D eigenvalue weighted by Crippen LogP contribution is -2.31. The van der Waals surface area contributed by atoms with Crippen molar-refractivity contribution in [2.45, 2.75) is 25.8 Å². The Morgan fingerprint density at radius 2 is 2.27 bits per heavy atom. The van der Waals surface area contributed by atoms with E-state index in [2.05, 4.69) is 23.3 Å². The Balaban J connectivity index is 2.03. The third kappa shape index (κ3) is 2.48. The quantitative estimate of drug-likeness (QED) is 0.805. The Labute approximate surface area is 90.9 Å². The van der Waals surface area contributed by atoms with Crippen molar-refractivity contribution in [1.29, 1.82) is 0 Å². The first-order valence-corrected chi connectivity index (χ1v) is 5.53. The van der Waals surface area contributed by atoms with Crippen LogP contribution in [0.2, 0.25) is 0 Å². The number of ether oxygens (including phenoxy) is 1.